The van der Waals surface area contributed by atoms with Crippen molar-refractivity contribution in [3.63, 3.8) is 0 Å². The number of hydrogen-bond donors (Lipinski definition) is 0. The van der Waals surface area contributed by atoms with Crippen LogP contribution in [-0.4, -0.2) is 29.0 Å². The minimum atomic E-state index is 0.0988. The topological polar surface area (TPSA) is 56.3 Å². The summed E-state index contributed by atoms with van der Waals surface area (Å²) in [7, 11) is 0. The zero-order valence-electron chi connectivity index (χ0n) is 13.1. The first-order valence-corrected chi connectivity index (χ1v) is 11.1. The van der Waals surface area contributed by atoms with Crippen LogP contribution >= 0.6 is 0 Å². The predicted octanol–water partition coefficient (Wildman–Crippen LogP) is 2.36. The van der Waals surface area contributed by atoms with Crippen LogP contribution in [0.3, 0.4) is 0 Å². The molecule has 0 amide bonds. The Bertz CT molecular complexity index is 1370. The number of fused-ring (bicyclic) bond motifs is 5. The molecule has 0 unspecified atom stereocenters. The molecule has 4 aromatic rings. The van der Waals surface area contributed by atoms with Gasteiger partial charge in [-0.3, -0.25) is 0 Å². The van der Waals surface area contributed by atoms with Crippen LogP contribution in [0.25, 0.3) is 51.1 Å². The van der Waals surface area contributed by atoms with Crippen molar-refractivity contribution in [3.8, 4) is 12.1 Å². The van der Waals surface area contributed by atoms with E-state index in [0.717, 1.165) is 30.1 Å². The predicted molar refractivity (Wildman–Crippen MR) is 103 cm³/mol. The molecule has 6 heteroatoms. The van der Waals surface area contributed by atoms with E-state index in [4.69, 9.17) is 13.1 Å². The molecule has 0 saturated heterocycles. The van der Waals surface area contributed by atoms with Crippen molar-refractivity contribution in [1.29, 1.82) is 10.5 Å². The average molecular weight is 460 g/mol. The monoisotopic (exact) mass is 462 g/mol. The summed E-state index contributed by atoms with van der Waals surface area (Å²) in [6.45, 7) is 14.7. The zero-order valence-corrected chi connectivity index (χ0v) is 16.5. The molecule has 0 saturated carbocycles. The van der Waals surface area contributed by atoms with Crippen molar-refractivity contribution in [2.45, 2.75) is 0 Å². The molecule has 0 radical (unpaired) electrons. The maximum atomic E-state index is 9.36. The summed E-state index contributed by atoms with van der Waals surface area (Å²) in [5, 5.41) is 24.0. The SMILES string of the molecule is [C-]#[N+]/C(C#N)=c1/cc2c(c/c(=C(/C#N)[N+]#[C-])c3cc[se]c32)c2[se]ccc12. The van der Waals surface area contributed by atoms with Crippen molar-refractivity contribution in [3.05, 3.63) is 67.4 Å². The number of benzene rings is 2. The molecular formula is C20H6N4Se2. The molecule has 0 spiro atoms. The van der Waals surface area contributed by atoms with E-state index in [1.165, 1.54) is 0 Å². The van der Waals surface area contributed by atoms with Crippen LogP contribution in [0.2, 0.25) is 0 Å². The first-order chi connectivity index (χ1) is 12.7. The molecule has 0 aliphatic rings. The summed E-state index contributed by atoms with van der Waals surface area (Å²) in [5.74, 6) is 0. The van der Waals surface area contributed by atoms with Gasteiger partial charge in [-0.1, -0.05) is 0 Å². The summed E-state index contributed by atoms with van der Waals surface area (Å²) in [5.41, 5.74) is 0.208. The van der Waals surface area contributed by atoms with Crippen molar-refractivity contribution in [2.75, 3.05) is 0 Å². The van der Waals surface area contributed by atoms with Gasteiger partial charge in [0.1, 0.15) is 0 Å². The van der Waals surface area contributed by atoms with Gasteiger partial charge in [0.05, 0.1) is 0 Å². The second kappa shape index (κ2) is 6.33. The second-order valence-corrected chi connectivity index (χ2v) is 9.26. The molecule has 0 fully saturated rings. The molecule has 2 heterocycles. The Morgan fingerprint density at radius 2 is 1.19 bits per heavy atom. The fraction of sp³-hybridized carbons (Fsp3) is 0. The Kier molecular flexibility index (Phi) is 3.99. The van der Waals surface area contributed by atoms with Crippen LogP contribution in [0.15, 0.2) is 34.1 Å². The Morgan fingerprint density at radius 1 is 0.769 bits per heavy atom. The Balaban J connectivity index is 2.44. The van der Waals surface area contributed by atoms with Gasteiger partial charge in [-0.15, -0.1) is 0 Å². The van der Waals surface area contributed by atoms with E-state index in [0.29, 0.717) is 10.4 Å². The first-order valence-electron chi connectivity index (χ1n) is 7.37. The third kappa shape index (κ3) is 2.24. The van der Waals surface area contributed by atoms with Crippen molar-refractivity contribution < 1.29 is 0 Å². The van der Waals surface area contributed by atoms with E-state index in [9.17, 15) is 10.5 Å². The maximum absolute atomic E-state index is 9.36. The molecule has 0 atom stereocenters. The van der Waals surface area contributed by atoms with Gasteiger partial charge in [0.25, 0.3) is 0 Å². The molecular weight excluding hydrogens is 454 g/mol. The zero-order chi connectivity index (χ0) is 18.3. The quantitative estimate of drug-likeness (QED) is 0.299. The number of nitriles is 2. The van der Waals surface area contributed by atoms with Crippen molar-refractivity contribution >= 4 is 70.5 Å². The second-order valence-electron chi connectivity index (χ2n) is 5.41. The molecule has 2 aromatic heterocycles. The normalized spacial score (nSPS) is 12.9. The van der Waals surface area contributed by atoms with Crippen LogP contribution in [0.4, 0.5) is 0 Å². The molecule has 2 aromatic carbocycles. The van der Waals surface area contributed by atoms with Gasteiger partial charge >= 0.3 is 161 Å². The molecule has 4 nitrogen and oxygen atoms in total. The third-order valence-electron chi connectivity index (χ3n) is 4.21. The van der Waals surface area contributed by atoms with E-state index in [1.807, 2.05) is 36.4 Å². The van der Waals surface area contributed by atoms with E-state index in [2.05, 4.69) is 19.6 Å². The van der Waals surface area contributed by atoms with E-state index in [1.54, 1.807) is 0 Å². The average Bonchev–Trinajstić information content (AvgIpc) is 3.33. The molecule has 0 N–H and O–H groups in total. The van der Waals surface area contributed by atoms with Crippen LogP contribution in [0.5, 0.6) is 0 Å². The van der Waals surface area contributed by atoms with Crippen molar-refractivity contribution in [2.24, 2.45) is 0 Å². The summed E-state index contributed by atoms with van der Waals surface area (Å²) >= 11 is 0.198. The summed E-state index contributed by atoms with van der Waals surface area (Å²) in [4.78, 5) is 11.0. The van der Waals surface area contributed by atoms with Gasteiger partial charge in [0.2, 0.25) is 0 Å². The van der Waals surface area contributed by atoms with E-state index >= 15 is 0 Å². The van der Waals surface area contributed by atoms with Crippen LogP contribution in [0, 0.1) is 35.8 Å². The van der Waals surface area contributed by atoms with E-state index < -0.39 is 0 Å². The standard InChI is InChI=1S/C20H6N4Se2/c1-23-17(9-21)13-7-15-16(19-11(13)3-5-25-19)8-14(18(10-22)24-2)12-4-6-26-20(12)15/h3-8H/b17-13-,18-14+. The molecule has 0 bridgehead atoms. The molecule has 0 aliphatic heterocycles. The Morgan fingerprint density at radius 3 is 1.54 bits per heavy atom. The van der Waals surface area contributed by atoms with E-state index in [-0.39, 0.29) is 40.4 Å². The third-order valence-corrected chi connectivity index (χ3v) is 8.19. The van der Waals surface area contributed by atoms with Crippen molar-refractivity contribution in [1.82, 2.24) is 0 Å². The van der Waals surface area contributed by atoms with Crippen LogP contribution in [0.1, 0.15) is 0 Å². The first kappa shape index (κ1) is 16.4. The van der Waals surface area contributed by atoms with Gasteiger partial charge in [-0.25, -0.2) is 0 Å². The molecule has 118 valence electrons. The summed E-state index contributed by atoms with van der Waals surface area (Å²) < 4.78 is 2.24. The molecule has 26 heavy (non-hydrogen) atoms. The number of rotatable bonds is 0. The number of nitrogens with zero attached hydrogens (tertiary/aromatic N) is 4. The number of hydrogen-bond acceptors (Lipinski definition) is 2. The Hall–Kier alpha value is -3.08. The van der Waals surface area contributed by atoms with Gasteiger partial charge < -0.3 is 0 Å². The Labute approximate surface area is 160 Å². The summed E-state index contributed by atoms with van der Waals surface area (Å²) in [6.07, 6.45) is 0. The molecule has 0 aliphatic carbocycles. The van der Waals surface area contributed by atoms with Gasteiger partial charge in [-0.2, -0.15) is 0 Å². The van der Waals surface area contributed by atoms with Gasteiger partial charge in [0, 0.05) is 0 Å². The van der Waals surface area contributed by atoms with Gasteiger partial charge in [-0.05, 0) is 0 Å². The minimum absolute atomic E-state index is 0.0988. The summed E-state index contributed by atoms with van der Waals surface area (Å²) in [6, 6.07) is 11.9. The van der Waals surface area contributed by atoms with Gasteiger partial charge in [0.15, 0.2) is 0 Å². The fourth-order valence-electron chi connectivity index (χ4n) is 3.12. The van der Waals surface area contributed by atoms with Crippen LogP contribution < -0.4 is 10.4 Å². The van der Waals surface area contributed by atoms with Crippen LogP contribution in [-0.2, 0) is 0 Å². The fourth-order valence-corrected chi connectivity index (χ4v) is 7.07. The molecule has 4 rings (SSSR count).